The lowest BCUT2D eigenvalue weighted by molar-refractivity contribution is 0.0948. The Labute approximate surface area is 141 Å². The van der Waals surface area contributed by atoms with E-state index in [1.807, 2.05) is 13.0 Å². The van der Waals surface area contributed by atoms with E-state index < -0.39 is 0 Å². The number of methoxy groups -OCH3 is 1. The number of carbonyl (C=O) groups is 1. The standard InChI is InChI=1S/C18H23N3O3/c1-11(2)14-10-13(12(3)9-16(14)24-4)7-8-19-18(23)15-5-6-17(22)21-20-15/h5-6,9-11H,7-8H2,1-4H3,(H,19,23)(H,21,22). The Morgan fingerprint density at radius 1 is 1.33 bits per heavy atom. The molecule has 6 heteroatoms. The predicted octanol–water partition coefficient (Wildman–Crippen LogP) is 2.18. The molecule has 0 aliphatic rings. The molecule has 0 aliphatic heterocycles. The number of nitrogens with zero attached hydrogens (tertiary/aromatic N) is 1. The first-order valence-corrected chi connectivity index (χ1v) is 7.93. The van der Waals surface area contributed by atoms with E-state index in [4.69, 9.17) is 4.74 Å². The van der Waals surface area contributed by atoms with E-state index in [9.17, 15) is 9.59 Å². The Hall–Kier alpha value is -2.63. The molecule has 6 nitrogen and oxygen atoms in total. The Morgan fingerprint density at radius 3 is 2.67 bits per heavy atom. The minimum Gasteiger partial charge on any atom is -0.496 e. The Bertz CT molecular complexity index is 761. The van der Waals surface area contributed by atoms with E-state index in [2.05, 4.69) is 35.4 Å². The SMILES string of the molecule is COc1cc(C)c(CCNC(=O)c2ccc(=O)[nH]n2)cc1C(C)C. The lowest BCUT2D eigenvalue weighted by Crippen LogP contribution is -2.27. The zero-order valence-electron chi connectivity index (χ0n) is 14.5. The second-order valence-electron chi connectivity index (χ2n) is 5.99. The van der Waals surface area contributed by atoms with Gasteiger partial charge in [-0.25, -0.2) is 5.10 Å². The second-order valence-corrected chi connectivity index (χ2v) is 5.99. The van der Waals surface area contributed by atoms with E-state index in [1.54, 1.807) is 7.11 Å². The van der Waals surface area contributed by atoms with Crippen molar-refractivity contribution in [2.24, 2.45) is 0 Å². The third kappa shape index (κ3) is 4.22. The molecule has 2 rings (SSSR count). The summed E-state index contributed by atoms with van der Waals surface area (Å²) in [6.07, 6.45) is 0.713. The number of H-pyrrole nitrogens is 1. The predicted molar refractivity (Wildman–Crippen MR) is 92.7 cm³/mol. The molecule has 0 radical (unpaired) electrons. The molecule has 0 unspecified atom stereocenters. The molecule has 2 N–H and O–H groups in total. The van der Waals surface area contributed by atoms with Gasteiger partial charge < -0.3 is 10.1 Å². The van der Waals surface area contributed by atoms with Crippen molar-refractivity contribution in [2.45, 2.75) is 33.1 Å². The largest absolute Gasteiger partial charge is 0.496 e. The van der Waals surface area contributed by atoms with Crippen molar-refractivity contribution >= 4 is 5.91 Å². The van der Waals surface area contributed by atoms with E-state index >= 15 is 0 Å². The van der Waals surface area contributed by atoms with Crippen LogP contribution in [0.25, 0.3) is 0 Å². The molecule has 1 amide bonds. The van der Waals surface area contributed by atoms with Crippen molar-refractivity contribution in [1.29, 1.82) is 0 Å². The van der Waals surface area contributed by atoms with Gasteiger partial charge in [-0.2, -0.15) is 5.10 Å². The van der Waals surface area contributed by atoms with Crippen LogP contribution in [0.3, 0.4) is 0 Å². The van der Waals surface area contributed by atoms with Crippen LogP contribution in [0.15, 0.2) is 29.1 Å². The maximum Gasteiger partial charge on any atom is 0.271 e. The number of amides is 1. The minimum absolute atomic E-state index is 0.198. The number of hydrogen-bond donors (Lipinski definition) is 2. The summed E-state index contributed by atoms with van der Waals surface area (Å²) in [6, 6.07) is 6.87. The van der Waals surface area contributed by atoms with Crippen LogP contribution in [0.4, 0.5) is 0 Å². The molecule has 0 bridgehead atoms. The van der Waals surface area contributed by atoms with Crippen LogP contribution >= 0.6 is 0 Å². The lowest BCUT2D eigenvalue weighted by Gasteiger charge is -2.16. The summed E-state index contributed by atoms with van der Waals surface area (Å²) in [6.45, 7) is 6.78. The van der Waals surface area contributed by atoms with Gasteiger partial charge in [0.25, 0.3) is 11.5 Å². The van der Waals surface area contributed by atoms with Crippen LogP contribution in [0, 0.1) is 6.92 Å². The molecule has 24 heavy (non-hydrogen) atoms. The van der Waals surface area contributed by atoms with Gasteiger partial charge in [0, 0.05) is 12.6 Å². The van der Waals surface area contributed by atoms with Gasteiger partial charge in [-0.15, -0.1) is 0 Å². The average molecular weight is 329 g/mol. The summed E-state index contributed by atoms with van der Waals surface area (Å²) < 4.78 is 5.45. The second kappa shape index (κ2) is 7.77. The molecule has 1 heterocycles. The summed E-state index contributed by atoms with van der Waals surface area (Å²) in [7, 11) is 1.68. The number of hydrogen-bond acceptors (Lipinski definition) is 4. The number of aromatic amines is 1. The van der Waals surface area contributed by atoms with Crippen LogP contribution < -0.4 is 15.6 Å². The molecule has 0 saturated carbocycles. The van der Waals surface area contributed by atoms with Crippen molar-refractivity contribution in [1.82, 2.24) is 15.5 Å². The van der Waals surface area contributed by atoms with Crippen LogP contribution in [0.5, 0.6) is 5.75 Å². The van der Waals surface area contributed by atoms with Gasteiger partial charge in [0.2, 0.25) is 0 Å². The Morgan fingerprint density at radius 2 is 2.08 bits per heavy atom. The van der Waals surface area contributed by atoms with Gasteiger partial charge >= 0.3 is 0 Å². The number of nitrogens with one attached hydrogen (secondary N) is 2. The summed E-state index contributed by atoms with van der Waals surface area (Å²) in [5.74, 6) is 0.952. The highest BCUT2D eigenvalue weighted by Crippen LogP contribution is 2.29. The van der Waals surface area contributed by atoms with E-state index in [1.165, 1.54) is 17.7 Å². The highest BCUT2D eigenvalue weighted by molar-refractivity contribution is 5.91. The molecular weight excluding hydrogens is 306 g/mol. The van der Waals surface area contributed by atoms with Gasteiger partial charge in [-0.3, -0.25) is 9.59 Å². The van der Waals surface area contributed by atoms with E-state index in [0.29, 0.717) is 18.9 Å². The smallest absolute Gasteiger partial charge is 0.271 e. The fourth-order valence-corrected chi connectivity index (χ4v) is 2.51. The van der Waals surface area contributed by atoms with Crippen molar-refractivity contribution in [3.8, 4) is 5.75 Å². The third-order valence-corrected chi connectivity index (χ3v) is 3.90. The topological polar surface area (TPSA) is 84.1 Å². The van der Waals surface area contributed by atoms with Crippen molar-refractivity contribution in [2.75, 3.05) is 13.7 Å². The van der Waals surface area contributed by atoms with Crippen LogP contribution in [-0.2, 0) is 6.42 Å². The number of carbonyl (C=O) groups excluding carboxylic acids is 1. The normalized spacial score (nSPS) is 10.7. The molecule has 0 fully saturated rings. The first-order valence-electron chi connectivity index (χ1n) is 7.93. The summed E-state index contributed by atoms with van der Waals surface area (Å²) in [5.41, 5.74) is 3.33. The fraction of sp³-hybridized carbons (Fsp3) is 0.389. The lowest BCUT2D eigenvalue weighted by atomic mass is 9.95. The molecule has 2 aromatic rings. The maximum absolute atomic E-state index is 12.0. The first-order chi connectivity index (χ1) is 11.4. The van der Waals surface area contributed by atoms with Crippen LogP contribution in [0.1, 0.15) is 46.9 Å². The van der Waals surface area contributed by atoms with Crippen molar-refractivity contribution < 1.29 is 9.53 Å². The summed E-state index contributed by atoms with van der Waals surface area (Å²) in [5, 5.41) is 8.78. The van der Waals surface area contributed by atoms with Gasteiger partial charge in [-0.05, 0) is 48.1 Å². The van der Waals surface area contributed by atoms with Crippen molar-refractivity contribution in [3.05, 3.63) is 57.0 Å². The fourth-order valence-electron chi connectivity index (χ4n) is 2.51. The molecule has 0 atom stereocenters. The number of aryl methyl sites for hydroxylation is 1. The highest BCUT2D eigenvalue weighted by Gasteiger charge is 2.12. The minimum atomic E-state index is -0.332. The molecular formula is C18H23N3O3. The number of benzene rings is 1. The molecule has 0 aliphatic carbocycles. The zero-order valence-corrected chi connectivity index (χ0v) is 14.5. The molecule has 128 valence electrons. The first kappa shape index (κ1) is 17.7. The molecule has 0 saturated heterocycles. The molecule has 0 spiro atoms. The van der Waals surface area contributed by atoms with Gasteiger partial charge in [0.05, 0.1) is 7.11 Å². The van der Waals surface area contributed by atoms with Gasteiger partial charge in [0.1, 0.15) is 11.4 Å². The van der Waals surface area contributed by atoms with Crippen LogP contribution in [-0.4, -0.2) is 29.8 Å². The zero-order chi connectivity index (χ0) is 17.7. The van der Waals surface area contributed by atoms with E-state index in [0.717, 1.165) is 16.9 Å². The number of aromatic nitrogens is 2. The van der Waals surface area contributed by atoms with Gasteiger partial charge in [-0.1, -0.05) is 19.9 Å². The Kier molecular flexibility index (Phi) is 5.73. The quantitative estimate of drug-likeness (QED) is 0.851. The monoisotopic (exact) mass is 329 g/mol. The van der Waals surface area contributed by atoms with E-state index in [-0.39, 0.29) is 17.2 Å². The number of rotatable bonds is 6. The molecule has 1 aromatic heterocycles. The summed E-state index contributed by atoms with van der Waals surface area (Å²) >= 11 is 0. The summed E-state index contributed by atoms with van der Waals surface area (Å²) in [4.78, 5) is 23.0. The Balaban J connectivity index is 2.04. The third-order valence-electron chi connectivity index (χ3n) is 3.90. The molecule has 1 aromatic carbocycles. The average Bonchev–Trinajstić information content (AvgIpc) is 2.56. The number of ether oxygens (including phenoxy) is 1. The van der Waals surface area contributed by atoms with Gasteiger partial charge in [0.15, 0.2) is 0 Å². The highest BCUT2D eigenvalue weighted by atomic mass is 16.5. The van der Waals surface area contributed by atoms with Crippen LogP contribution in [0.2, 0.25) is 0 Å². The maximum atomic E-state index is 12.0. The van der Waals surface area contributed by atoms with Crippen molar-refractivity contribution in [3.63, 3.8) is 0 Å².